The highest BCUT2D eigenvalue weighted by Gasteiger charge is 2.17. The number of nitrogens with zero attached hydrogens (tertiary/aromatic N) is 3. The van der Waals surface area contributed by atoms with Crippen molar-refractivity contribution >= 4 is 15.9 Å². The molecule has 7 nitrogen and oxygen atoms in total. The number of pyridine rings is 1. The Kier molecular flexibility index (Phi) is 5.35. The van der Waals surface area contributed by atoms with Gasteiger partial charge < -0.3 is 4.98 Å². The van der Waals surface area contributed by atoms with Crippen LogP contribution in [0.1, 0.15) is 0 Å². The standard InChI is InChI=1S/C22H21N5O2S/c1-27(2)30(28,29)26-19-10-6-9-18(15-19)21-20(16-11-13-23-14-12-16)24-22(25-21)17-7-4-3-5-8-17/h3-15,26H,1-2H3,(H,24,25). The van der Waals surface area contributed by atoms with Crippen LogP contribution in [0.3, 0.4) is 0 Å². The van der Waals surface area contributed by atoms with Gasteiger partial charge in [-0.3, -0.25) is 9.71 Å². The van der Waals surface area contributed by atoms with Crippen molar-refractivity contribution in [3.8, 4) is 33.9 Å². The summed E-state index contributed by atoms with van der Waals surface area (Å²) in [6.45, 7) is 0. The number of imidazole rings is 1. The van der Waals surface area contributed by atoms with E-state index in [0.29, 0.717) is 5.69 Å². The molecule has 0 unspecified atom stereocenters. The van der Waals surface area contributed by atoms with Crippen molar-refractivity contribution in [1.82, 2.24) is 19.3 Å². The summed E-state index contributed by atoms with van der Waals surface area (Å²) in [7, 11) is -0.644. The molecule has 30 heavy (non-hydrogen) atoms. The van der Waals surface area contributed by atoms with Gasteiger partial charge >= 0.3 is 10.2 Å². The molecule has 0 amide bonds. The van der Waals surface area contributed by atoms with Gasteiger partial charge in [0.05, 0.1) is 17.1 Å². The zero-order valence-corrected chi connectivity index (χ0v) is 17.4. The monoisotopic (exact) mass is 419 g/mol. The van der Waals surface area contributed by atoms with Crippen LogP contribution in [0.5, 0.6) is 0 Å². The number of rotatable bonds is 6. The summed E-state index contributed by atoms with van der Waals surface area (Å²) >= 11 is 0. The van der Waals surface area contributed by atoms with Gasteiger partial charge in [0.15, 0.2) is 0 Å². The van der Waals surface area contributed by atoms with Crippen molar-refractivity contribution in [3.05, 3.63) is 79.1 Å². The van der Waals surface area contributed by atoms with Crippen LogP contribution in [0.25, 0.3) is 33.9 Å². The van der Waals surface area contributed by atoms with Crippen LogP contribution in [0, 0.1) is 0 Å². The molecule has 8 heteroatoms. The summed E-state index contributed by atoms with van der Waals surface area (Å²) in [5.41, 5.74) is 4.72. The highest BCUT2D eigenvalue weighted by molar-refractivity contribution is 7.90. The molecule has 0 saturated carbocycles. The van der Waals surface area contributed by atoms with Crippen molar-refractivity contribution in [1.29, 1.82) is 0 Å². The van der Waals surface area contributed by atoms with E-state index in [1.54, 1.807) is 30.6 Å². The molecule has 0 bridgehead atoms. The Morgan fingerprint density at radius 3 is 2.27 bits per heavy atom. The lowest BCUT2D eigenvalue weighted by Crippen LogP contribution is -2.28. The first-order valence-corrected chi connectivity index (χ1v) is 10.7. The van der Waals surface area contributed by atoms with E-state index in [2.05, 4.69) is 14.7 Å². The van der Waals surface area contributed by atoms with Crippen molar-refractivity contribution in [2.75, 3.05) is 18.8 Å². The van der Waals surface area contributed by atoms with Crippen LogP contribution < -0.4 is 4.72 Å². The second-order valence-electron chi connectivity index (χ2n) is 6.88. The maximum absolute atomic E-state index is 12.2. The Morgan fingerprint density at radius 1 is 0.867 bits per heavy atom. The Labute approximate surface area is 175 Å². The molecule has 2 N–H and O–H groups in total. The van der Waals surface area contributed by atoms with Crippen LogP contribution in [0.4, 0.5) is 5.69 Å². The highest BCUT2D eigenvalue weighted by atomic mass is 32.2. The third-order valence-electron chi connectivity index (χ3n) is 4.58. The molecule has 4 aromatic rings. The fourth-order valence-corrected chi connectivity index (χ4v) is 3.62. The Hall–Kier alpha value is -3.49. The fraction of sp³-hybridized carbons (Fsp3) is 0.0909. The Morgan fingerprint density at radius 2 is 1.57 bits per heavy atom. The lowest BCUT2D eigenvalue weighted by Gasteiger charge is -2.14. The number of anilines is 1. The van der Waals surface area contributed by atoms with Crippen LogP contribution >= 0.6 is 0 Å². The Balaban J connectivity index is 1.82. The molecule has 2 heterocycles. The summed E-state index contributed by atoms with van der Waals surface area (Å²) in [5.74, 6) is 0.733. The lowest BCUT2D eigenvalue weighted by molar-refractivity contribution is 0.527. The molecule has 0 spiro atoms. The largest absolute Gasteiger partial charge is 0.337 e. The maximum atomic E-state index is 12.2. The SMILES string of the molecule is CN(C)S(=O)(=O)Nc1cccc(-c2nc(-c3ccccc3)[nH]c2-c2ccncc2)c1. The first-order chi connectivity index (χ1) is 14.4. The minimum absolute atomic E-state index is 0.464. The third-order valence-corrected chi connectivity index (χ3v) is 6.04. The molecular formula is C22H21N5O2S. The predicted molar refractivity (Wildman–Crippen MR) is 119 cm³/mol. The molecule has 2 aromatic carbocycles. The van der Waals surface area contributed by atoms with Gasteiger partial charge in [0.25, 0.3) is 0 Å². The van der Waals surface area contributed by atoms with Gasteiger partial charge in [-0.2, -0.15) is 12.7 Å². The van der Waals surface area contributed by atoms with Gasteiger partial charge in [-0.1, -0.05) is 42.5 Å². The van der Waals surface area contributed by atoms with E-state index in [-0.39, 0.29) is 0 Å². The molecule has 0 aliphatic carbocycles. The number of hydrogen-bond donors (Lipinski definition) is 2. The zero-order valence-electron chi connectivity index (χ0n) is 16.6. The molecule has 4 rings (SSSR count). The molecule has 0 aliphatic rings. The normalized spacial score (nSPS) is 11.6. The van der Waals surface area contributed by atoms with E-state index in [0.717, 1.165) is 38.2 Å². The van der Waals surface area contributed by atoms with E-state index >= 15 is 0 Å². The number of nitrogens with one attached hydrogen (secondary N) is 2. The van der Waals surface area contributed by atoms with Crippen LogP contribution in [0.2, 0.25) is 0 Å². The average Bonchev–Trinajstić information content (AvgIpc) is 3.20. The summed E-state index contributed by atoms with van der Waals surface area (Å²) < 4.78 is 28.1. The molecule has 0 atom stereocenters. The van der Waals surface area contributed by atoms with E-state index in [1.165, 1.54) is 14.1 Å². The van der Waals surface area contributed by atoms with E-state index < -0.39 is 10.2 Å². The summed E-state index contributed by atoms with van der Waals surface area (Å²) in [5, 5.41) is 0. The number of hydrogen-bond acceptors (Lipinski definition) is 4. The summed E-state index contributed by atoms with van der Waals surface area (Å²) in [4.78, 5) is 12.3. The van der Waals surface area contributed by atoms with Crippen LogP contribution in [-0.2, 0) is 10.2 Å². The maximum Gasteiger partial charge on any atom is 0.301 e. The predicted octanol–water partition coefficient (Wildman–Crippen LogP) is 4.02. The topological polar surface area (TPSA) is 91.0 Å². The second-order valence-corrected chi connectivity index (χ2v) is 8.77. The molecule has 0 saturated heterocycles. The van der Waals surface area contributed by atoms with Gasteiger partial charge in [-0.05, 0) is 24.3 Å². The lowest BCUT2D eigenvalue weighted by atomic mass is 10.1. The van der Waals surface area contributed by atoms with Gasteiger partial charge in [-0.25, -0.2) is 4.98 Å². The molecule has 2 aromatic heterocycles. The quantitative estimate of drug-likeness (QED) is 0.494. The molecule has 0 fully saturated rings. The molecular weight excluding hydrogens is 398 g/mol. The van der Waals surface area contributed by atoms with Gasteiger partial charge in [0, 0.05) is 43.2 Å². The van der Waals surface area contributed by atoms with Crippen molar-refractivity contribution in [2.24, 2.45) is 0 Å². The fourth-order valence-electron chi connectivity index (χ4n) is 3.01. The van der Waals surface area contributed by atoms with Gasteiger partial charge in [0.2, 0.25) is 0 Å². The second kappa shape index (κ2) is 8.10. The summed E-state index contributed by atoms with van der Waals surface area (Å²) in [6, 6.07) is 20.9. The van der Waals surface area contributed by atoms with Crippen LogP contribution in [0.15, 0.2) is 79.1 Å². The smallest absolute Gasteiger partial charge is 0.301 e. The zero-order chi connectivity index (χ0) is 21.1. The number of H-pyrrole nitrogens is 1. The van der Waals surface area contributed by atoms with E-state index in [9.17, 15) is 8.42 Å². The van der Waals surface area contributed by atoms with Crippen molar-refractivity contribution in [3.63, 3.8) is 0 Å². The molecule has 152 valence electrons. The van der Waals surface area contributed by atoms with Crippen molar-refractivity contribution < 1.29 is 8.42 Å². The highest BCUT2D eigenvalue weighted by Crippen LogP contribution is 2.33. The molecule has 0 aliphatic heterocycles. The van der Waals surface area contributed by atoms with E-state index in [4.69, 9.17) is 4.98 Å². The summed E-state index contributed by atoms with van der Waals surface area (Å²) in [6.07, 6.45) is 3.45. The third kappa shape index (κ3) is 4.10. The number of benzene rings is 2. The minimum Gasteiger partial charge on any atom is -0.337 e. The number of aromatic nitrogens is 3. The first-order valence-electron chi connectivity index (χ1n) is 9.30. The van der Waals surface area contributed by atoms with E-state index in [1.807, 2.05) is 48.5 Å². The minimum atomic E-state index is -3.60. The van der Waals surface area contributed by atoms with Gasteiger partial charge in [-0.15, -0.1) is 0 Å². The van der Waals surface area contributed by atoms with Gasteiger partial charge in [0.1, 0.15) is 5.82 Å². The first kappa shape index (κ1) is 19.8. The Bertz CT molecular complexity index is 1250. The molecule has 0 radical (unpaired) electrons. The average molecular weight is 420 g/mol. The van der Waals surface area contributed by atoms with Crippen LogP contribution in [-0.4, -0.2) is 41.8 Å². The number of aromatic amines is 1. The van der Waals surface area contributed by atoms with Crippen molar-refractivity contribution in [2.45, 2.75) is 0 Å².